The summed E-state index contributed by atoms with van der Waals surface area (Å²) in [4.78, 5) is 38.5. The summed E-state index contributed by atoms with van der Waals surface area (Å²) >= 11 is 0. The zero-order chi connectivity index (χ0) is 24.7. The number of amides is 1. The predicted octanol–water partition coefficient (Wildman–Crippen LogP) is 2.88. The first-order valence-electron chi connectivity index (χ1n) is 10.5. The van der Waals surface area contributed by atoms with Gasteiger partial charge in [-0.15, -0.1) is 0 Å². The maximum Gasteiger partial charge on any atom is 0.405 e. The van der Waals surface area contributed by atoms with E-state index in [1.807, 2.05) is 22.7 Å². The fourth-order valence-electron chi connectivity index (χ4n) is 3.98. The van der Waals surface area contributed by atoms with E-state index < -0.39 is 30.9 Å². The third kappa shape index (κ3) is 4.14. The van der Waals surface area contributed by atoms with Gasteiger partial charge >= 0.3 is 11.9 Å². The van der Waals surface area contributed by atoms with Crippen molar-refractivity contribution >= 4 is 22.5 Å². The first-order chi connectivity index (χ1) is 16.7. The van der Waals surface area contributed by atoms with Crippen LogP contribution >= 0.6 is 0 Å². The van der Waals surface area contributed by atoms with Gasteiger partial charge in [0.05, 0.1) is 47.2 Å². The number of hydrogen-bond donors (Lipinski definition) is 1. The zero-order valence-electron chi connectivity index (χ0n) is 18.3. The topological polar surface area (TPSA) is 99.1 Å². The highest BCUT2D eigenvalue weighted by atomic mass is 19.4. The maximum atomic E-state index is 13.3. The van der Waals surface area contributed by atoms with Crippen molar-refractivity contribution in [3.63, 3.8) is 0 Å². The van der Waals surface area contributed by atoms with Crippen LogP contribution < -0.4 is 11.0 Å². The third-order valence-corrected chi connectivity index (χ3v) is 5.53. The Balaban J connectivity index is 1.56. The highest BCUT2D eigenvalue weighted by molar-refractivity contribution is 5.84. The van der Waals surface area contributed by atoms with E-state index in [0.29, 0.717) is 22.5 Å². The van der Waals surface area contributed by atoms with Crippen LogP contribution in [0.1, 0.15) is 5.56 Å². The van der Waals surface area contributed by atoms with Gasteiger partial charge in [-0.2, -0.15) is 13.2 Å². The number of imidazole rings is 2. The minimum atomic E-state index is -4.55. The molecule has 1 N–H and O–H groups in total. The average molecular weight is 481 g/mol. The summed E-state index contributed by atoms with van der Waals surface area (Å²) in [6.45, 7) is -0.247. The number of carbonyl (C=O) groups excluding carboxylic acids is 1. The molecule has 12 heteroatoms. The van der Waals surface area contributed by atoms with Gasteiger partial charge in [0.2, 0.25) is 5.91 Å². The number of benzene rings is 1. The van der Waals surface area contributed by atoms with Crippen molar-refractivity contribution in [2.24, 2.45) is 0 Å². The molecule has 1 aromatic carbocycles. The maximum absolute atomic E-state index is 13.3. The Bertz CT molecular complexity index is 1610. The second kappa shape index (κ2) is 8.38. The molecule has 0 fully saturated rings. The lowest BCUT2D eigenvalue weighted by Gasteiger charge is -2.08. The van der Waals surface area contributed by atoms with Gasteiger partial charge in [-0.1, -0.05) is 12.1 Å². The number of nitrogens with zero attached hydrogens (tertiary/aromatic N) is 6. The van der Waals surface area contributed by atoms with Crippen LogP contribution in [0.5, 0.6) is 0 Å². The Labute approximate surface area is 195 Å². The Morgan fingerprint density at radius 3 is 2.57 bits per heavy atom. The summed E-state index contributed by atoms with van der Waals surface area (Å²) in [5.41, 5.74) is 2.99. The van der Waals surface area contributed by atoms with Crippen LogP contribution in [0.15, 0.2) is 66.2 Å². The summed E-state index contributed by atoms with van der Waals surface area (Å²) in [5.74, 6) is -0.495. The number of nitrogens with one attached hydrogen (secondary N) is 1. The number of halogens is 3. The van der Waals surface area contributed by atoms with Gasteiger partial charge in [0.25, 0.3) is 0 Å². The number of fused-ring (bicyclic) bond motifs is 2. The minimum Gasteiger partial charge on any atom is -0.345 e. The van der Waals surface area contributed by atoms with E-state index in [0.717, 1.165) is 21.2 Å². The van der Waals surface area contributed by atoms with E-state index in [2.05, 4.69) is 15.0 Å². The van der Waals surface area contributed by atoms with Gasteiger partial charge in [0.15, 0.2) is 5.82 Å². The number of hydrogen-bond acceptors (Lipinski definition) is 5. The number of alkyl halides is 3. The van der Waals surface area contributed by atoms with Crippen LogP contribution in [0.2, 0.25) is 0 Å². The fraction of sp³-hybridized carbons (Fsp3) is 0.174. The van der Waals surface area contributed by atoms with Crippen LogP contribution in [0.4, 0.5) is 13.2 Å². The Morgan fingerprint density at radius 2 is 1.83 bits per heavy atom. The average Bonchev–Trinajstić information content (AvgIpc) is 3.41. The molecule has 4 heterocycles. The lowest BCUT2D eigenvalue weighted by atomic mass is 10.2. The number of pyridine rings is 1. The Hall–Kier alpha value is -4.48. The number of aryl methyl sites for hydroxylation is 1. The largest absolute Gasteiger partial charge is 0.405 e. The molecule has 5 rings (SSSR count). The van der Waals surface area contributed by atoms with Crippen molar-refractivity contribution in [2.75, 3.05) is 6.54 Å². The molecule has 5 aromatic rings. The molecular formula is C23H18F3N7O2. The van der Waals surface area contributed by atoms with Crippen LogP contribution in [-0.4, -0.2) is 47.1 Å². The first-order valence-corrected chi connectivity index (χ1v) is 10.5. The molecule has 9 nitrogen and oxygen atoms in total. The second-order valence-electron chi connectivity index (χ2n) is 7.91. The van der Waals surface area contributed by atoms with Gasteiger partial charge in [0.1, 0.15) is 13.1 Å². The van der Waals surface area contributed by atoms with Crippen LogP contribution in [0.3, 0.4) is 0 Å². The van der Waals surface area contributed by atoms with Gasteiger partial charge in [0, 0.05) is 11.8 Å². The smallest absolute Gasteiger partial charge is 0.345 e. The Morgan fingerprint density at radius 1 is 1.06 bits per heavy atom. The van der Waals surface area contributed by atoms with Gasteiger partial charge in [-0.25, -0.2) is 19.7 Å². The van der Waals surface area contributed by atoms with Gasteiger partial charge in [-0.05, 0) is 30.7 Å². The van der Waals surface area contributed by atoms with Crippen LogP contribution in [0.25, 0.3) is 33.6 Å². The van der Waals surface area contributed by atoms with Gasteiger partial charge in [-0.3, -0.25) is 13.9 Å². The molecule has 0 saturated carbocycles. The molecular weight excluding hydrogens is 463 g/mol. The lowest BCUT2D eigenvalue weighted by molar-refractivity contribution is -0.138. The summed E-state index contributed by atoms with van der Waals surface area (Å²) in [6.07, 6.45) is 3.63. The molecule has 35 heavy (non-hydrogen) atoms. The predicted molar refractivity (Wildman–Crippen MR) is 121 cm³/mol. The van der Waals surface area contributed by atoms with Crippen molar-refractivity contribution in [1.82, 2.24) is 33.8 Å². The summed E-state index contributed by atoms with van der Waals surface area (Å²) in [6, 6.07) is 8.83. The molecule has 0 aliphatic carbocycles. The fourth-order valence-corrected chi connectivity index (χ4v) is 3.98. The molecule has 0 radical (unpaired) electrons. The normalized spacial score (nSPS) is 11.9. The highest BCUT2D eigenvalue weighted by Gasteiger charge is 2.28. The van der Waals surface area contributed by atoms with Crippen LogP contribution in [0, 0.1) is 6.92 Å². The quantitative estimate of drug-likeness (QED) is 0.416. The number of carbonyl (C=O) groups is 1. The number of rotatable bonds is 5. The number of para-hydroxylation sites is 1. The van der Waals surface area contributed by atoms with E-state index in [-0.39, 0.29) is 0 Å². The molecule has 0 aliphatic heterocycles. The van der Waals surface area contributed by atoms with Crippen molar-refractivity contribution in [2.45, 2.75) is 19.6 Å². The summed E-state index contributed by atoms with van der Waals surface area (Å²) in [7, 11) is 0. The number of aromatic nitrogens is 6. The van der Waals surface area contributed by atoms with Crippen molar-refractivity contribution < 1.29 is 18.0 Å². The molecule has 0 bridgehead atoms. The third-order valence-electron chi connectivity index (χ3n) is 5.53. The molecule has 4 aromatic heterocycles. The highest BCUT2D eigenvalue weighted by Crippen LogP contribution is 2.24. The molecule has 0 atom stereocenters. The summed E-state index contributed by atoms with van der Waals surface area (Å²) < 4.78 is 41.8. The van der Waals surface area contributed by atoms with E-state index in [1.54, 1.807) is 43.0 Å². The van der Waals surface area contributed by atoms with E-state index in [1.165, 1.54) is 17.0 Å². The van der Waals surface area contributed by atoms with Crippen molar-refractivity contribution in [3.05, 3.63) is 77.5 Å². The molecule has 0 unspecified atom stereocenters. The molecule has 178 valence electrons. The first kappa shape index (κ1) is 22.3. The lowest BCUT2D eigenvalue weighted by Crippen LogP contribution is -2.37. The SMILES string of the molecule is Cc1cccc2c1n(-c1cnc(-c3cccn4cncc34)nc1)c(=O)n2CC(=O)NCC(F)(F)F. The molecule has 0 saturated heterocycles. The molecule has 0 aliphatic rings. The minimum absolute atomic E-state index is 0.355. The van der Waals surface area contributed by atoms with E-state index in [9.17, 15) is 22.8 Å². The summed E-state index contributed by atoms with van der Waals surface area (Å²) in [5, 5.41) is 1.80. The zero-order valence-corrected chi connectivity index (χ0v) is 18.3. The van der Waals surface area contributed by atoms with E-state index >= 15 is 0 Å². The molecule has 0 spiro atoms. The van der Waals surface area contributed by atoms with Crippen molar-refractivity contribution in [1.29, 1.82) is 0 Å². The van der Waals surface area contributed by atoms with E-state index in [4.69, 9.17) is 0 Å². The van der Waals surface area contributed by atoms with Crippen molar-refractivity contribution in [3.8, 4) is 17.1 Å². The molecule has 1 amide bonds. The standard InChI is InChI=1S/C23H18F3N7O2/c1-14-4-2-6-17-20(14)33(22(35)32(17)11-19(34)30-12-23(24,25)26)15-8-28-21(29-9-15)16-5-3-7-31-13-27-10-18(16)31/h2-10,13H,11-12H2,1H3,(H,30,34). The monoisotopic (exact) mass is 481 g/mol. The second-order valence-corrected chi connectivity index (χ2v) is 7.91. The van der Waals surface area contributed by atoms with Gasteiger partial charge < -0.3 is 9.72 Å². The van der Waals surface area contributed by atoms with Crippen LogP contribution in [-0.2, 0) is 11.3 Å². The Kier molecular flexibility index (Phi) is 5.35.